The molecule has 1 aliphatic rings. The first-order chi connectivity index (χ1) is 17.3. The second-order valence-electron chi connectivity index (χ2n) is 8.66. The van der Waals surface area contributed by atoms with Gasteiger partial charge in [0.05, 0.1) is 11.8 Å². The molecule has 7 nitrogen and oxygen atoms in total. The summed E-state index contributed by atoms with van der Waals surface area (Å²) in [4.78, 5) is 28.2. The largest absolute Gasteiger partial charge is 0.480 e. The van der Waals surface area contributed by atoms with Gasteiger partial charge in [0.2, 0.25) is 5.91 Å². The summed E-state index contributed by atoms with van der Waals surface area (Å²) in [6.07, 6.45) is 3.74. The molecule has 1 amide bonds. The Morgan fingerprint density at radius 2 is 1.69 bits per heavy atom. The molecule has 3 aromatic rings. The first-order valence-corrected chi connectivity index (χ1v) is 12.3. The molecule has 0 radical (unpaired) electrons. The minimum Gasteiger partial charge on any atom is -0.480 e. The highest BCUT2D eigenvalue weighted by atomic mass is 35.5. The predicted octanol–water partition coefficient (Wildman–Crippen LogP) is 4.49. The summed E-state index contributed by atoms with van der Waals surface area (Å²) in [7, 11) is 0. The number of aromatic nitrogens is 1. The van der Waals surface area contributed by atoms with Crippen LogP contribution in [0.3, 0.4) is 0 Å². The van der Waals surface area contributed by atoms with Crippen molar-refractivity contribution in [3.05, 3.63) is 101 Å². The molecule has 2 heterocycles. The Labute approximate surface area is 216 Å². The number of rotatable bonds is 7. The van der Waals surface area contributed by atoms with Gasteiger partial charge in [-0.05, 0) is 54.7 Å². The Hall–Kier alpha value is -3.26. The van der Waals surface area contributed by atoms with Gasteiger partial charge in [0, 0.05) is 31.2 Å². The van der Waals surface area contributed by atoms with Crippen molar-refractivity contribution >= 4 is 23.5 Å². The fraction of sp³-hybridized carbons (Fsp3) is 0.321. The van der Waals surface area contributed by atoms with Gasteiger partial charge in [0.25, 0.3) is 0 Å². The van der Waals surface area contributed by atoms with E-state index < -0.39 is 12.0 Å². The first kappa shape index (κ1) is 27.3. The van der Waals surface area contributed by atoms with Crippen LogP contribution >= 0.6 is 11.6 Å². The number of benzene rings is 2. The zero-order chi connectivity index (χ0) is 25.9. The smallest absolute Gasteiger partial charge is 0.320 e. The van der Waals surface area contributed by atoms with Crippen LogP contribution in [-0.2, 0) is 20.7 Å². The second-order valence-corrected chi connectivity index (χ2v) is 9.10. The Bertz CT molecular complexity index is 1090. The molecule has 0 aliphatic carbocycles. The summed E-state index contributed by atoms with van der Waals surface area (Å²) >= 11 is 6.01. The quantitative estimate of drug-likeness (QED) is 0.486. The fourth-order valence-electron chi connectivity index (χ4n) is 3.94. The summed E-state index contributed by atoms with van der Waals surface area (Å²) in [6, 6.07) is 22.1. The van der Waals surface area contributed by atoms with Crippen LogP contribution < -0.4 is 5.73 Å². The van der Waals surface area contributed by atoms with Crippen molar-refractivity contribution < 1.29 is 19.4 Å². The third kappa shape index (κ3) is 8.45. The van der Waals surface area contributed by atoms with Gasteiger partial charge in [0.15, 0.2) is 0 Å². The average molecular weight is 510 g/mol. The number of hydrogen-bond donors (Lipinski definition) is 2. The molecule has 3 N–H and O–H groups in total. The standard InChI is InChI=1S/C19H21ClN2O2.C9H11NO2/c1-14(23)22-12-9-17(10-13-22)24-19(18-4-2-3-11-21-18)15-5-7-16(20)8-6-15;10-8(9(11)12)6-7-4-2-1-3-5-7/h2-8,11,17,19H,9-10,12-13H2,1H3;1-5,8H,6,10H2,(H,11,12)/t;8-/m.0/s1. The number of likely N-dealkylation sites (tertiary alicyclic amines) is 1. The van der Waals surface area contributed by atoms with E-state index in [-0.39, 0.29) is 18.1 Å². The van der Waals surface area contributed by atoms with Crippen molar-refractivity contribution in [1.29, 1.82) is 0 Å². The SMILES string of the molecule is CC(=O)N1CCC(OC(c2ccc(Cl)cc2)c2ccccn2)CC1.N[C@@H](Cc1ccccc1)C(=O)O. The van der Waals surface area contributed by atoms with Crippen LogP contribution in [0.4, 0.5) is 0 Å². The number of carbonyl (C=O) groups is 2. The number of amides is 1. The molecule has 1 saturated heterocycles. The summed E-state index contributed by atoms with van der Waals surface area (Å²) in [5.41, 5.74) is 8.22. The number of hydrogen-bond acceptors (Lipinski definition) is 5. The van der Waals surface area contributed by atoms with Crippen molar-refractivity contribution in [3.8, 4) is 0 Å². The predicted molar refractivity (Wildman–Crippen MR) is 140 cm³/mol. The van der Waals surface area contributed by atoms with Crippen molar-refractivity contribution in [3.63, 3.8) is 0 Å². The van der Waals surface area contributed by atoms with E-state index in [2.05, 4.69) is 4.98 Å². The highest BCUT2D eigenvalue weighted by Crippen LogP contribution is 2.29. The molecule has 0 saturated carbocycles. The van der Waals surface area contributed by atoms with E-state index in [1.54, 1.807) is 13.1 Å². The van der Waals surface area contributed by atoms with E-state index in [1.807, 2.05) is 77.7 Å². The first-order valence-electron chi connectivity index (χ1n) is 11.9. The summed E-state index contributed by atoms with van der Waals surface area (Å²) < 4.78 is 6.39. The van der Waals surface area contributed by atoms with Crippen molar-refractivity contribution in [2.45, 2.75) is 44.4 Å². The second kappa shape index (κ2) is 13.7. The third-order valence-corrected chi connectivity index (χ3v) is 6.21. The summed E-state index contributed by atoms with van der Waals surface area (Å²) in [5.74, 6) is -0.828. The van der Waals surface area contributed by atoms with E-state index in [9.17, 15) is 9.59 Å². The highest BCUT2D eigenvalue weighted by Gasteiger charge is 2.26. The maximum Gasteiger partial charge on any atom is 0.320 e. The number of carbonyl (C=O) groups excluding carboxylic acids is 1. The van der Waals surface area contributed by atoms with Crippen molar-refractivity contribution in [2.24, 2.45) is 5.73 Å². The van der Waals surface area contributed by atoms with Gasteiger partial charge < -0.3 is 20.5 Å². The van der Waals surface area contributed by atoms with Gasteiger partial charge in [-0.1, -0.05) is 60.1 Å². The molecule has 2 aromatic carbocycles. The van der Waals surface area contributed by atoms with Gasteiger partial charge in [-0.3, -0.25) is 14.6 Å². The lowest BCUT2D eigenvalue weighted by molar-refractivity contribution is -0.138. The molecule has 1 fully saturated rings. The molecular formula is C28H32ClN3O4. The number of carboxylic acid groups (broad SMARTS) is 1. The summed E-state index contributed by atoms with van der Waals surface area (Å²) in [5, 5.41) is 9.22. The van der Waals surface area contributed by atoms with Gasteiger partial charge in [0.1, 0.15) is 12.1 Å². The monoisotopic (exact) mass is 509 g/mol. The van der Waals surface area contributed by atoms with Gasteiger partial charge in [-0.15, -0.1) is 0 Å². The molecule has 1 unspecified atom stereocenters. The highest BCUT2D eigenvalue weighted by molar-refractivity contribution is 6.30. The molecule has 0 bridgehead atoms. The molecule has 2 atom stereocenters. The van der Waals surface area contributed by atoms with E-state index >= 15 is 0 Å². The molecule has 8 heteroatoms. The maximum atomic E-state index is 11.5. The number of nitrogens with zero attached hydrogens (tertiary/aromatic N) is 2. The zero-order valence-electron chi connectivity index (χ0n) is 20.3. The van der Waals surface area contributed by atoms with E-state index in [4.69, 9.17) is 27.2 Å². The zero-order valence-corrected chi connectivity index (χ0v) is 21.1. The van der Waals surface area contributed by atoms with Crippen molar-refractivity contribution in [2.75, 3.05) is 13.1 Å². The minimum absolute atomic E-state index is 0.114. The van der Waals surface area contributed by atoms with Gasteiger partial charge in [-0.2, -0.15) is 0 Å². The lowest BCUT2D eigenvalue weighted by Gasteiger charge is -2.33. The number of pyridine rings is 1. The minimum atomic E-state index is -0.959. The van der Waals surface area contributed by atoms with Crippen LogP contribution in [-0.4, -0.2) is 52.1 Å². The van der Waals surface area contributed by atoms with Crippen molar-refractivity contribution in [1.82, 2.24) is 9.88 Å². The molecule has 190 valence electrons. The number of ether oxygens (including phenoxy) is 1. The molecule has 1 aliphatic heterocycles. The summed E-state index contributed by atoms with van der Waals surface area (Å²) in [6.45, 7) is 3.11. The number of aliphatic carboxylic acids is 1. The normalized spacial score (nSPS) is 15.4. The molecule has 36 heavy (non-hydrogen) atoms. The molecule has 0 spiro atoms. The molecular weight excluding hydrogens is 478 g/mol. The topological polar surface area (TPSA) is 106 Å². The van der Waals surface area contributed by atoms with E-state index in [1.165, 1.54) is 0 Å². The lowest BCUT2D eigenvalue weighted by atomic mass is 10.0. The number of nitrogens with two attached hydrogens (primary N) is 1. The van der Waals surface area contributed by atoms with Crippen LogP contribution in [0.2, 0.25) is 5.02 Å². The van der Waals surface area contributed by atoms with Crippen LogP contribution in [0.1, 0.15) is 42.7 Å². The van der Waals surface area contributed by atoms with Crippen LogP contribution in [0, 0.1) is 0 Å². The van der Waals surface area contributed by atoms with Crippen LogP contribution in [0.25, 0.3) is 0 Å². The van der Waals surface area contributed by atoms with Gasteiger partial charge in [-0.25, -0.2) is 0 Å². The maximum absolute atomic E-state index is 11.5. The molecule has 4 rings (SSSR count). The number of halogens is 1. The molecule has 1 aromatic heterocycles. The average Bonchev–Trinajstić information content (AvgIpc) is 2.89. The van der Waals surface area contributed by atoms with E-state index in [0.717, 1.165) is 42.8 Å². The fourth-order valence-corrected chi connectivity index (χ4v) is 4.07. The Kier molecular flexibility index (Phi) is 10.4. The Morgan fingerprint density at radius 1 is 1.06 bits per heavy atom. The Morgan fingerprint density at radius 3 is 2.25 bits per heavy atom. The third-order valence-electron chi connectivity index (χ3n) is 5.96. The van der Waals surface area contributed by atoms with Gasteiger partial charge >= 0.3 is 5.97 Å². The van der Waals surface area contributed by atoms with Crippen LogP contribution in [0.15, 0.2) is 79.0 Å². The van der Waals surface area contributed by atoms with E-state index in [0.29, 0.717) is 11.4 Å². The lowest BCUT2D eigenvalue weighted by Crippen LogP contribution is -2.40. The number of piperidine rings is 1. The Balaban J connectivity index is 0.000000253. The van der Waals surface area contributed by atoms with Crippen LogP contribution in [0.5, 0.6) is 0 Å². The number of carboxylic acids is 1.